The molecule has 1 aromatic heterocycles. The minimum absolute atomic E-state index is 0.0659. The highest BCUT2D eigenvalue weighted by Crippen LogP contribution is 2.43. The van der Waals surface area contributed by atoms with Gasteiger partial charge in [0.05, 0.1) is 31.0 Å². The number of aromatic carboxylic acids is 1. The Balaban J connectivity index is 1.50. The number of rotatable bonds is 11. The van der Waals surface area contributed by atoms with Crippen molar-refractivity contribution >= 4 is 35.4 Å². The van der Waals surface area contributed by atoms with Gasteiger partial charge in [-0.3, -0.25) is 4.79 Å². The standard InChI is InChI=1S/C30H33N3O8S/c1-3-39-25(35)15-32-30(38)33-22-12-10-21(11-13-22)29-40-24(17-42-27-23(28(36)37)5-4-14-31-27)18(2)26(41-29)20-8-6-19(16-34)7-9-20/h4-14,18,24,26,29,34H,3,15-17H2,1-2H3,(H,36,37)(H2,32,33,38)/t18-,24+,26+,29+/m0/s1. The summed E-state index contributed by atoms with van der Waals surface area (Å²) in [6, 6.07) is 17.0. The molecule has 2 amide bonds. The molecule has 1 saturated heterocycles. The number of esters is 1. The lowest BCUT2D eigenvalue weighted by Crippen LogP contribution is -2.38. The normalized spacial score (nSPS) is 20.0. The number of carboxylic acid groups (broad SMARTS) is 1. The van der Waals surface area contributed by atoms with Crippen molar-refractivity contribution in [3.8, 4) is 0 Å². The molecule has 1 aliphatic rings. The number of hydrogen-bond acceptors (Lipinski definition) is 9. The van der Waals surface area contributed by atoms with E-state index in [1.807, 2.05) is 31.2 Å². The molecule has 0 spiro atoms. The van der Waals surface area contributed by atoms with E-state index in [0.717, 1.165) is 16.7 Å². The average molecular weight is 596 g/mol. The molecule has 1 fully saturated rings. The third kappa shape index (κ3) is 8.07. The second kappa shape index (κ2) is 14.8. The van der Waals surface area contributed by atoms with E-state index in [9.17, 15) is 24.6 Å². The van der Waals surface area contributed by atoms with Crippen molar-refractivity contribution in [1.82, 2.24) is 10.3 Å². The molecule has 2 heterocycles. The number of ether oxygens (including phenoxy) is 3. The van der Waals surface area contributed by atoms with E-state index < -0.39 is 24.3 Å². The largest absolute Gasteiger partial charge is 0.478 e. The fourth-order valence-electron chi connectivity index (χ4n) is 4.40. The highest BCUT2D eigenvalue weighted by molar-refractivity contribution is 7.99. The monoisotopic (exact) mass is 595 g/mol. The maximum absolute atomic E-state index is 12.1. The van der Waals surface area contributed by atoms with Gasteiger partial charge in [-0.25, -0.2) is 14.6 Å². The Morgan fingerprint density at radius 2 is 1.74 bits per heavy atom. The Morgan fingerprint density at radius 1 is 1.02 bits per heavy atom. The molecule has 0 aliphatic carbocycles. The molecule has 4 rings (SSSR count). The molecular formula is C30H33N3O8S. The summed E-state index contributed by atoms with van der Waals surface area (Å²) in [6.07, 6.45) is 0.135. The number of urea groups is 1. The molecular weight excluding hydrogens is 562 g/mol. The topological polar surface area (TPSA) is 156 Å². The second-order valence-electron chi connectivity index (χ2n) is 9.53. The Hall–Kier alpha value is -3.97. The van der Waals surface area contributed by atoms with Crippen LogP contribution < -0.4 is 10.6 Å². The predicted octanol–water partition coefficient (Wildman–Crippen LogP) is 4.54. The van der Waals surface area contributed by atoms with E-state index >= 15 is 0 Å². The van der Waals surface area contributed by atoms with Gasteiger partial charge in [-0.05, 0) is 42.3 Å². The van der Waals surface area contributed by atoms with E-state index in [0.29, 0.717) is 16.5 Å². The first-order chi connectivity index (χ1) is 20.3. The van der Waals surface area contributed by atoms with Crippen LogP contribution in [0.2, 0.25) is 0 Å². The Bertz CT molecular complexity index is 1370. The summed E-state index contributed by atoms with van der Waals surface area (Å²) in [7, 11) is 0. The van der Waals surface area contributed by atoms with Gasteiger partial charge in [-0.1, -0.05) is 43.3 Å². The zero-order valence-corrected chi connectivity index (χ0v) is 24.0. The second-order valence-corrected chi connectivity index (χ2v) is 10.5. The number of carbonyl (C=O) groups is 3. The SMILES string of the molecule is CCOC(=O)CNC(=O)Nc1ccc([C@@H]2O[C@H](CSc3ncccc3C(=O)O)[C@H](C)[C@H](c3ccc(CO)cc3)O2)cc1. The third-order valence-electron chi connectivity index (χ3n) is 6.65. The molecule has 3 aromatic rings. The lowest BCUT2D eigenvalue weighted by molar-refractivity contribution is -0.268. The number of nitrogens with zero attached hydrogens (tertiary/aromatic N) is 1. The fourth-order valence-corrected chi connectivity index (χ4v) is 5.55. The first-order valence-corrected chi connectivity index (χ1v) is 14.4. The van der Waals surface area contributed by atoms with Crippen LogP contribution in [0, 0.1) is 5.92 Å². The lowest BCUT2D eigenvalue weighted by Gasteiger charge is -2.41. The number of amides is 2. The van der Waals surface area contributed by atoms with Crippen molar-refractivity contribution in [3.05, 3.63) is 89.1 Å². The number of pyridine rings is 1. The van der Waals surface area contributed by atoms with E-state index in [-0.39, 0.29) is 43.4 Å². The Labute approximate surface area is 247 Å². The summed E-state index contributed by atoms with van der Waals surface area (Å²) in [5, 5.41) is 24.5. The molecule has 11 nitrogen and oxygen atoms in total. The molecule has 222 valence electrons. The van der Waals surface area contributed by atoms with Gasteiger partial charge >= 0.3 is 18.0 Å². The summed E-state index contributed by atoms with van der Waals surface area (Å²) in [4.78, 5) is 39.5. The predicted molar refractivity (Wildman–Crippen MR) is 155 cm³/mol. The van der Waals surface area contributed by atoms with Crippen LogP contribution >= 0.6 is 11.8 Å². The molecule has 4 atom stereocenters. The lowest BCUT2D eigenvalue weighted by atomic mass is 9.91. The fraction of sp³-hybridized carbons (Fsp3) is 0.333. The van der Waals surface area contributed by atoms with E-state index in [4.69, 9.17) is 14.2 Å². The molecule has 2 aromatic carbocycles. The van der Waals surface area contributed by atoms with E-state index in [1.54, 1.807) is 43.5 Å². The first kappa shape index (κ1) is 31.0. The minimum Gasteiger partial charge on any atom is -0.478 e. The molecule has 0 unspecified atom stereocenters. The summed E-state index contributed by atoms with van der Waals surface area (Å²) < 4.78 is 17.6. The van der Waals surface area contributed by atoms with Gasteiger partial charge in [0.15, 0.2) is 6.29 Å². The highest BCUT2D eigenvalue weighted by atomic mass is 32.2. The van der Waals surface area contributed by atoms with Crippen LogP contribution in [-0.4, -0.2) is 58.2 Å². The van der Waals surface area contributed by atoms with Crippen LogP contribution in [-0.2, 0) is 25.6 Å². The van der Waals surface area contributed by atoms with Crippen LogP contribution in [0.4, 0.5) is 10.5 Å². The molecule has 42 heavy (non-hydrogen) atoms. The number of thioether (sulfide) groups is 1. The van der Waals surface area contributed by atoms with Gasteiger partial charge in [-0.15, -0.1) is 11.8 Å². The number of carbonyl (C=O) groups excluding carboxylic acids is 2. The number of carboxylic acids is 1. The number of hydrogen-bond donors (Lipinski definition) is 4. The van der Waals surface area contributed by atoms with Crippen LogP contribution in [0.15, 0.2) is 71.9 Å². The van der Waals surface area contributed by atoms with Gasteiger partial charge in [0.25, 0.3) is 0 Å². The average Bonchev–Trinajstić information content (AvgIpc) is 3.00. The van der Waals surface area contributed by atoms with Crippen LogP contribution in [0.5, 0.6) is 0 Å². The van der Waals surface area contributed by atoms with E-state index in [2.05, 4.69) is 15.6 Å². The van der Waals surface area contributed by atoms with Crippen molar-refractivity contribution in [2.45, 2.75) is 44.0 Å². The van der Waals surface area contributed by atoms with Crippen LogP contribution in [0.25, 0.3) is 0 Å². The zero-order chi connectivity index (χ0) is 30.1. The minimum atomic E-state index is -1.05. The maximum Gasteiger partial charge on any atom is 0.338 e. The van der Waals surface area contributed by atoms with Crippen molar-refractivity contribution < 1.29 is 38.8 Å². The number of aliphatic hydroxyl groups is 1. The molecule has 0 bridgehead atoms. The Morgan fingerprint density at radius 3 is 2.40 bits per heavy atom. The summed E-state index contributed by atoms with van der Waals surface area (Å²) in [6.45, 7) is 3.63. The summed E-state index contributed by atoms with van der Waals surface area (Å²) in [5.74, 6) is -1.24. The Kier molecular flexibility index (Phi) is 10.9. The van der Waals surface area contributed by atoms with Crippen molar-refractivity contribution in [2.24, 2.45) is 5.92 Å². The van der Waals surface area contributed by atoms with Gasteiger partial charge in [0.2, 0.25) is 0 Å². The van der Waals surface area contributed by atoms with Crippen molar-refractivity contribution in [2.75, 3.05) is 24.2 Å². The quantitative estimate of drug-likeness (QED) is 0.183. The van der Waals surface area contributed by atoms with Gasteiger partial charge in [0.1, 0.15) is 11.6 Å². The highest BCUT2D eigenvalue weighted by Gasteiger charge is 2.38. The number of nitrogens with one attached hydrogen (secondary N) is 2. The third-order valence-corrected chi connectivity index (χ3v) is 7.74. The molecule has 0 radical (unpaired) electrons. The van der Waals surface area contributed by atoms with Gasteiger partial charge in [0, 0.05) is 29.1 Å². The summed E-state index contributed by atoms with van der Waals surface area (Å²) >= 11 is 1.31. The van der Waals surface area contributed by atoms with E-state index in [1.165, 1.54) is 17.8 Å². The molecule has 4 N–H and O–H groups in total. The number of anilines is 1. The number of benzene rings is 2. The van der Waals surface area contributed by atoms with Crippen molar-refractivity contribution in [1.29, 1.82) is 0 Å². The van der Waals surface area contributed by atoms with Crippen molar-refractivity contribution in [3.63, 3.8) is 0 Å². The number of aliphatic hydroxyl groups excluding tert-OH is 1. The van der Waals surface area contributed by atoms with Crippen LogP contribution in [0.1, 0.15) is 53.3 Å². The first-order valence-electron chi connectivity index (χ1n) is 13.4. The zero-order valence-electron chi connectivity index (χ0n) is 23.2. The molecule has 12 heteroatoms. The van der Waals surface area contributed by atoms with Crippen LogP contribution in [0.3, 0.4) is 0 Å². The summed E-state index contributed by atoms with van der Waals surface area (Å²) in [5.41, 5.74) is 3.06. The molecule has 0 saturated carbocycles. The smallest absolute Gasteiger partial charge is 0.338 e. The number of aromatic nitrogens is 1. The molecule has 1 aliphatic heterocycles. The maximum atomic E-state index is 12.1. The van der Waals surface area contributed by atoms with Gasteiger partial charge < -0.3 is 35.1 Å². The van der Waals surface area contributed by atoms with Gasteiger partial charge in [-0.2, -0.15) is 0 Å².